The molecule has 1 aromatic carbocycles. The Labute approximate surface area is 149 Å². The van der Waals surface area contributed by atoms with Crippen molar-refractivity contribution in [1.29, 1.82) is 5.26 Å². The lowest BCUT2D eigenvalue weighted by Gasteiger charge is -2.19. The van der Waals surface area contributed by atoms with E-state index in [1.54, 1.807) is 25.3 Å². The van der Waals surface area contributed by atoms with Gasteiger partial charge in [0.2, 0.25) is 0 Å². The summed E-state index contributed by atoms with van der Waals surface area (Å²) >= 11 is 3.35. The predicted octanol–water partition coefficient (Wildman–Crippen LogP) is 2.77. The van der Waals surface area contributed by atoms with E-state index in [0.717, 1.165) is 4.47 Å². The highest BCUT2D eigenvalue weighted by atomic mass is 79.9. The van der Waals surface area contributed by atoms with E-state index in [4.69, 9.17) is 14.7 Å². The molecule has 1 aromatic rings. The first-order chi connectivity index (χ1) is 11.4. The minimum Gasteiger partial charge on any atom is -0.496 e. The number of methoxy groups -OCH3 is 1. The summed E-state index contributed by atoms with van der Waals surface area (Å²) in [6.07, 6.45) is 2.10. The molecule has 0 N–H and O–H groups in total. The molecule has 0 aliphatic heterocycles. The van der Waals surface area contributed by atoms with Crippen LogP contribution >= 0.6 is 15.9 Å². The van der Waals surface area contributed by atoms with Crippen LogP contribution in [-0.2, 0) is 14.3 Å². The Morgan fingerprint density at radius 1 is 1.46 bits per heavy atom. The average molecular weight is 395 g/mol. The zero-order chi connectivity index (χ0) is 18.1. The highest BCUT2D eigenvalue weighted by Gasteiger charge is 2.20. The summed E-state index contributed by atoms with van der Waals surface area (Å²) in [7, 11) is 3.10. The topological polar surface area (TPSA) is 79.6 Å². The van der Waals surface area contributed by atoms with E-state index in [2.05, 4.69) is 15.9 Å². The third kappa shape index (κ3) is 6.05. The number of carbonyl (C=O) groups excluding carboxylic acids is 2. The van der Waals surface area contributed by atoms with E-state index in [-0.39, 0.29) is 12.3 Å². The van der Waals surface area contributed by atoms with E-state index in [1.807, 2.05) is 12.1 Å². The molecule has 0 aliphatic carbocycles. The number of nitriles is 1. The van der Waals surface area contributed by atoms with Crippen molar-refractivity contribution in [3.05, 3.63) is 34.3 Å². The third-order valence-electron chi connectivity index (χ3n) is 3.17. The van der Waals surface area contributed by atoms with Gasteiger partial charge in [0.05, 0.1) is 19.6 Å². The van der Waals surface area contributed by atoms with Crippen molar-refractivity contribution in [3.8, 4) is 11.8 Å². The van der Waals surface area contributed by atoms with Gasteiger partial charge in [-0.25, -0.2) is 4.79 Å². The first-order valence-electron chi connectivity index (χ1n) is 7.23. The quantitative estimate of drug-likeness (QED) is 0.524. The predicted molar refractivity (Wildman–Crippen MR) is 93.1 cm³/mol. The number of esters is 1. The number of ether oxygens (including phenoxy) is 2. The standard InChI is InChI=1S/C17H19BrN2O4/c1-12(17(22)20(2)10-4-9-19)24-16(21)8-5-13-11-14(18)6-7-15(13)23-3/h5-8,11-12H,4,10H2,1-3H3/b8-5+/t12-/m0/s1. The molecule has 6 nitrogen and oxygen atoms in total. The molecule has 0 radical (unpaired) electrons. The van der Waals surface area contributed by atoms with E-state index in [0.29, 0.717) is 17.9 Å². The van der Waals surface area contributed by atoms with E-state index in [9.17, 15) is 9.59 Å². The monoisotopic (exact) mass is 394 g/mol. The van der Waals surface area contributed by atoms with Gasteiger partial charge in [-0.2, -0.15) is 5.26 Å². The summed E-state index contributed by atoms with van der Waals surface area (Å²) < 4.78 is 11.1. The zero-order valence-corrected chi connectivity index (χ0v) is 15.4. The fourth-order valence-corrected chi connectivity index (χ4v) is 2.27. The van der Waals surface area contributed by atoms with Gasteiger partial charge in [-0.1, -0.05) is 15.9 Å². The molecule has 0 heterocycles. The van der Waals surface area contributed by atoms with Gasteiger partial charge in [-0.3, -0.25) is 4.79 Å². The van der Waals surface area contributed by atoms with Gasteiger partial charge in [-0.05, 0) is 31.2 Å². The van der Waals surface area contributed by atoms with Crippen molar-refractivity contribution in [1.82, 2.24) is 4.90 Å². The van der Waals surface area contributed by atoms with Crippen LogP contribution in [0.3, 0.4) is 0 Å². The fraction of sp³-hybridized carbons (Fsp3) is 0.353. The second-order valence-corrected chi connectivity index (χ2v) is 5.88. The van der Waals surface area contributed by atoms with Gasteiger partial charge in [0.1, 0.15) is 5.75 Å². The molecule has 0 aliphatic rings. The molecule has 1 amide bonds. The van der Waals surface area contributed by atoms with Gasteiger partial charge in [0.25, 0.3) is 5.91 Å². The Bertz CT molecular complexity index is 667. The van der Waals surface area contributed by atoms with Crippen molar-refractivity contribution in [2.45, 2.75) is 19.4 Å². The van der Waals surface area contributed by atoms with Crippen LogP contribution in [-0.4, -0.2) is 43.6 Å². The van der Waals surface area contributed by atoms with Crippen molar-refractivity contribution in [3.63, 3.8) is 0 Å². The molecule has 0 bridgehead atoms. The third-order valence-corrected chi connectivity index (χ3v) is 3.66. The Balaban J connectivity index is 2.67. The highest BCUT2D eigenvalue weighted by molar-refractivity contribution is 9.10. The lowest BCUT2D eigenvalue weighted by atomic mass is 10.2. The molecule has 24 heavy (non-hydrogen) atoms. The SMILES string of the molecule is COc1ccc(Br)cc1/C=C/C(=O)O[C@@H](C)C(=O)N(C)CCC#N. The van der Waals surface area contributed by atoms with Crippen LogP contribution in [0.1, 0.15) is 18.9 Å². The number of amides is 1. The Morgan fingerprint density at radius 3 is 2.79 bits per heavy atom. The van der Waals surface area contributed by atoms with Crippen LogP contribution in [0.4, 0.5) is 0 Å². The molecule has 0 saturated heterocycles. The first kappa shape index (κ1) is 19.7. The maximum Gasteiger partial charge on any atom is 0.331 e. The number of likely N-dealkylation sites (N-methyl/N-ethyl adjacent to an activating group) is 1. The van der Waals surface area contributed by atoms with Crippen molar-refractivity contribution >= 4 is 33.9 Å². The summed E-state index contributed by atoms with van der Waals surface area (Å²) in [4.78, 5) is 25.2. The smallest absolute Gasteiger partial charge is 0.331 e. The second kappa shape index (κ2) is 9.73. The average Bonchev–Trinajstić information content (AvgIpc) is 2.57. The molecule has 0 fully saturated rings. The molecule has 1 rings (SSSR count). The van der Waals surface area contributed by atoms with Crippen LogP contribution in [0.5, 0.6) is 5.75 Å². The number of carbonyl (C=O) groups is 2. The number of halogens is 1. The number of hydrogen-bond donors (Lipinski definition) is 0. The van der Waals surface area contributed by atoms with Crippen LogP contribution < -0.4 is 4.74 Å². The van der Waals surface area contributed by atoms with Crippen LogP contribution in [0.25, 0.3) is 6.08 Å². The second-order valence-electron chi connectivity index (χ2n) is 4.97. The molecule has 0 spiro atoms. The molecular formula is C17H19BrN2O4. The molecule has 0 aromatic heterocycles. The van der Waals surface area contributed by atoms with Crippen LogP contribution in [0, 0.1) is 11.3 Å². The largest absolute Gasteiger partial charge is 0.496 e. The molecular weight excluding hydrogens is 376 g/mol. The molecule has 0 unspecified atom stereocenters. The van der Waals surface area contributed by atoms with Gasteiger partial charge < -0.3 is 14.4 Å². The summed E-state index contributed by atoms with van der Waals surface area (Å²) in [5.41, 5.74) is 0.703. The number of benzene rings is 1. The molecule has 7 heteroatoms. The Hall–Kier alpha value is -2.33. The van der Waals surface area contributed by atoms with E-state index >= 15 is 0 Å². The molecule has 128 valence electrons. The fourth-order valence-electron chi connectivity index (χ4n) is 1.90. The Kier molecular flexibility index (Phi) is 7.99. The summed E-state index contributed by atoms with van der Waals surface area (Å²) in [6.45, 7) is 1.79. The van der Waals surface area contributed by atoms with Gasteiger partial charge in [0, 0.05) is 29.7 Å². The molecule has 1 atom stereocenters. The van der Waals surface area contributed by atoms with E-state index < -0.39 is 12.1 Å². The van der Waals surface area contributed by atoms with Crippen molar-refractivity contribution < 1.29 is 19.1 Å². The first-order valence-corrected chi connectivity index (χ1v) is 8.02. The summed E-state index contributed by atoms with van der Waals surface area (Å²) in [5, 5.41) is 8.53. The van der Waals surface area contributed by atoms with Gasteiger partial charge in [-0.15, -0.1) is 0 Å². The van der Waals surface area contributed by atoms with Crippen molar-refractivity contribution in [2.24, 2.45) is 0 Å². The lowest BCUT2D eigenvalue weighted by Crippen LogP contribution is -2.37. The van der Waals surface area contributed by atoms with Crippen molar-refractivity contribution in [2.75, 3.05) is 20.7 Å². The minimum atomic E-state index is -0.921. The van der Waals surface area contributed by atoms with Crippen LogP contribution in [0.2, 0.25) is 0 Å². The maximum absolute atomic E-state index is 12.0. The molecule has 0 saturated carbocycles. The maximum atomic E-state index is 12.0. The number of nitrogens with zero attached hydrogens (tertiary/aromatic N) is 2. The summed E-state index contributed by atoms with van der Waals surface area (Å²) in [6, 6.07) is 7.35. The number of hydrogen-bond acceptors (Lipinski definition) is 5. The summed E-state index contributed by atoms with van der Waals surface area (Å²) in [5.74, 6) is -0.374. The van der Waals surface area contributed by atoms with E-state index in [1.165, 1.54) is 25.0 Å². The minimum absolute atomic E-state index is 0.228. The zero-order valence-electron chi connectivity index (χ0n) is 13.8. The van der Waals surface area contributed by atoms with Gasteiger partial charge >= 0.3 is 5.97 Å². The Morgan fingerprint density at radius 2 is 2.17 bits per heavy atom. The highest BCUT2D eigenvalue weighted by Crippen LogP contribution is 2.24. The lowest BCUT2D eigenvalue weighted by molar-refractivity contribution is -0.154. The van der Waals surface area contributed by atoms with Crippen LogP contribution in [0.15, 0.2) is 28.7 Å². The van der Waals surface area contributed by atoms with Gasteiger partial charge in [0.15, 0.2) is 6.10 Å². The number of rotatable bonds is 7. The normalized spacial score (nSPS) is 11.6.